The van der Waals surface area contributed by atoms with E-state index in [1.54, 1.807) is 0 Å². The molecule has 0 amide bonds. The molecule has 0 aromatic rings. The Labute approximate surface area is 142 Å². The molecule has 24 heavy (non-hydrogen) atoms. The Balaban J connectivity index is 2.03. The average molecular weight is 367 g/mol. The van der Waals surface area contributed by atoms with E-state index in [9.17, 15) is 14.8 Å². The molecule has 9 nitrogen and oxygen atoms in total. The van der Waals surface area contributed by atoms with Crippen LogP contribution in [0.1, 0.15) is 38.5 Å². The van der Waals surface area contributed by atoms with Gasteiger partial charge in [-0.15, -0.1) is 0 Å². The molecule has 0 spiro atoms. The molecule has 2 aliphatic rings. The smallest absolute Gasteiger partial charge is 0.396 e. The maximum atomic E-state index is 13.3. The molecule has 5 N–H and O–H groups in total. The summed E-state index contributed by atoms with van der Waals surface area (Å²) >= 11 is 0. The van der Waals surface area contributed by atoms with Crippen molar-refractivity contribution in [1.82, 2.24) is 10.6 Å². The summed E-state index contributed by atoms with van der Waals surface area (Å²) in [4.78, 5) is 17.6. The summed E-state index contributed by atoms with van der Waals surface area (Å²) in [6.07, 6.45) is 3.08. The monoisotopic (exact) mass is 367 g/mol. The molecular weight excluding hydrogens is 339 g/mol. The molecule has 0 aliphatic carbocycles. The molecule has 2 fully saturated rings. The van der Waals surface area contributed by atoms with Crippen LogP contribution < -0.4 is 10.6 Å². The van der Waals surface area contributed by atoms with E-state index in [0.717, 1.165) is 25.8 Å². The minimum absolute atomic E-state index is 0.00887. The SMILES string of the molecule is [O]C(CCOP(=O)(O)O)(OC(CCO)C1CCCN1)C1CCCN1. The van der Waals surface area contributed by atoms with Crippen molar-refractivity contribution in [2.75, 3.05) is 26.3 Å². The van der Waals surface area contributed by atoms with Crippen molar-refractivity contribution in [1.29, 1.82) is 0 Å². The molecule has 0 aromatic carbocycles. The van der Waals surface area contributed by atoms with Crippen LogP contribution in [0.15, 0.2) is 0 Å². The van der Waals surface area contributed by atoms with E-state index in [4.69, 9.17) is 14.5 Å². The van der Waals surface area contributed by atoms with Gasteiger partial charge in [0, 0.05) is 19.1 Å². The highest BCUT2D eigenvalue weighted by Gasteiger charge is 2.45. The molecule has 2 saturated heterocycles. The Bertz CT molecular complexity index is 423. The molecule has 4 atom stereocenters. The fraction of sp³-hybridized carbons (Fsp3) is 1.00. The third-order valence-electron chi connectivity index (χ3n) is 4.61. The van der Waals surface area contributed by atoms with E-state index in [2.05, 4.69) is 15.2 Å². The van der Waals surface area contributed by atoms with Crippen LogP contribution >= 0.6 is 7.82 Å². The zero-order valence-corrected chi connectivity index (χ0v) is 14.6. The van der Waals surface area contributed by atoms with E-state index in [1.807, 2.05) is 0 Å². The van der Waals surface area contributed by atoms with Crippen molar-refractivity contribution in [3.63, 3.8) is 0 Å². The molecule has 0 aromatic heterocycles. The van der Waals surface area contributed by atoms with Crippen molar-refractivity contribution in [3.05, 3.63) is 0 Å². The first-order valence-corrected chi connectivity index (χ1v) is 10.0. The van der Waals surface area contributed by atoms with Gasteiger partial charge in [-0.2, -0.15) is 5.11 Å². The molecule has 2 heterocycles. The Kier molecular flexibility index (Phi) is 7.60. The molecule has 1 radical (unpaired) electrons. The normalized spacial score (nSPS) is 28.8. The average Bonchev–Trinajstić information content (AvgIpc) is 3.19. The number of phosphoric ester groups is 1. The number of nitrogens with one attached hydrogen (secondary N) is 2. The third kappa shape index (κ3) is 6.01. The largest absolute Gasteiger partial charge is 0.469 e. The highest BCUT2D eigenvalue weighted by atomic mass is 31.2. The second-order valence-corrected chi connectivity index (χ2v) is 7.65. The predicted molar refractivity (Wildman–Crippen MR) is 84.7 cm³/mol. The van der Waals surface area contributed by atoms with Crippen LogP contribution in [0.5, 0.6) is 0 Å². The summed E-state index contributed by atoms with van der Waals surface area (Å²) < 4.78 is 21.2. The summed E-state index contributed by atoms with van der Waals surface area (Å²) in [7, 11) is -4.62. The maximum Gasteiger partial charge on any atom is 0.469 e. The van der Waals surface area contributed by atoms with Gasteiger partial charge in [0.25, 0.3) is 0 Å². The van der Waals surface area contributed by atoms with E-state index < -0.39 is 25.8 Å². The van der Waals surface area contributed by atoms with Gasteiger partial charge in [0.05, 0.1) is 18.8 Å². The molecule has 2 aliphatic heterocycles. The van der Waals surface area contributed by atoms with Gasteiger partial charge in [-0.3, -0.25) is 4.52 Å². The highest BCUT2D eigenvalue weighted by Crippen LogP contribution is 2.37. The second kappa shape index (κ2) is 9.02. The zero-order chi connectivity index (χ0) is 17.6. The number of ether oxygens (including phenoxy) is 1. The van der Waals surface area contributed by atoms with Crippen LogP contribution in [-0.2, 0) is 18.9 Å². The van der Waals surface area contributed by atoms with Crippen molar-refractivity contribution < 1.29 is 33.8 Å². The first-order chi connectivity index (χ1) is 11.3. The molecule has 4 unspecified atom stereocenters. The summed E-state index contributed by atoms with van der Waals surface area (Å²) in [5, 5.41) is 29.0. The molecule has 0 bridgehead atoms. The van der Waals surface area contributed by atoms with Crippen LogP contribution in [0.3, 0.4) is 0 Å². The van der Waals surface area contributed by atoms with Gasteiger partial charge in [0.1, 0.15) is 0 Å². The molecule has 10 heteroatoms. The molecule has 0 saturated carbocycles. The first kappa shape index (κ1) is 20.2. The lowest BCUT2D eigenvalue weighted by Crippen LogP contribution is -2.54. The van der Waals surface area contributed by atoms with E-state index in [1.165, 1.54) is 0 Å². The fourth-order valence-electron chi connectivity index (χ4n) is 3.44. The van der Waals surface area contributed by atoms with Crippen LogP contribution in [0.25, 0.3) is 0 Å². The van der Waals surface area contributed by atoms with Crippen molar-refractivity contribution in [3.8, 4) is 0 Å². The van der Waals surface area contributed by atoms with Crippen molar-refractivity contribution >= 4 is 7.82 Å². The van der Waals surface area contributed by atoms with Crippen LogP contribution in [0.2, 0.25) is 0 Å². The lowest BCUT2D eigenvalue weighted by Gasteiger charge is -2.37. The van der Waals surface area contributed by atoms with Gasteiger partial charge in [-0.05, 0) is 45.2 Å². The highest BCUT2D eigenvalue weighted by molar-refractivity contribution is 7.46. The minimum Gasteiger partial charge on any atom is -0.396 e. The number of hydrogen-bond acceptors (Lipinski definition) is 6. The topological polar surface area (TPSA) is 140 Å². The number of aliphatic hydroxyl groups excluding tert-OH is 1. The first-order valence-electron chi connectivity index (χ1n) is 8.50. The Morgan fingerprint density at radius 3 is 2.46 bits per heavy atom. The van der Waals surface area contributed by atoms with Gasteiger partial charge < -0.3 is 30.3 Å². The van der Waals surface area contributed by atoms with E-state index in [-0.39, 0.29) is 25.7 Å². The third-order valence-corrected chi connectivity index (χ3v) is 5.13. The lowest BCUT2D eigenvalue weighted by molar-refractivity contribution is -0.287. The van der Waals surface area contributed by atoms with Crippen LogP contribution in [0.4, 0.5) is 0 Å². The van der Waals surface area contributed by atoms with Crippen LogP contribution in [0, 0.1) is 0 Å². The summed E-state index contributed by atoms with van der Waals surface area (Å²) in [6, 6.07) is -0.435. The zero-order valence-electron chi connectivity index (χ0n) is 13.7. The summed E-state index contributed by atoms with van der Waals surface area (Å²) in [6.45, 7) is 1.10. The van der Waals surface area contributed by atoms with Gasteiger partial charge in [-0.1, -0.05) is 0 Å². The predicted octanol–water partition coefficient (Wildman–Crippen LogP) is -0.116. The Morgan fingerprint density at radius 1 is 1.21 bits per heavy atom. The maximum absolute atomic E-state index is 13.3. The van der Waals surface area contributed by atoms with E-state index >= 15 is 0 Å². The quantitative estimate of drug-likeness (QED) is 0.266. The summed E-state index contributed by atoms with van der Waals surface area (Å²) in [5.41, 5.74) is 0. The molecule has 141 valence electrons. The van der Waals surface area contributed by atoms with Gasteiger partial charge in [-0.25, -0.2) is 4.57 Å². The molecule has 2 rings (SSSR count). The Hall–Kier alpha value is -0.0900. The number of aliphatic hydroxyl groups is 1. The van der Waals surface area contributed by atoms with Crippen molar-refractivity contribution in [2.45, 2.75) is 62.5 Å². The van der Waals surface area contributed by atoms with Crippen LogP contribution in [-0.4, -0.2) is 65.2 Å². The van der Waals surface area contributed by atoms with E-state index in [0.29, 0.717) is 19.4 Å². The minimum atomic E-state index is -4.62. The number of rotatable bonds is 10. The number of phosphoric acid groups is 1. The Morgan fingerprint density at radius 2 is 1.92 bits per heavy atom. The lowest BCUT2D eigenvalue weighted by atomic mass is 9.99. The molecular formula is C14H28N2O7P. The standard InChI is InChI=1S/C14H28N2O7P/c17-9-5-12(11-3-1-7-15-11)23-14(18,13-4-2-8-16-13)6-10-22-24(19,20)21/h11-13,15-17H,1-10H2,(H2,19,20,21). The van der Waals surface area contributed by atoms with Gasteiger partial charge in [0.15, 0.2) is 0 Å². The van der Waals surface area contributed by atoms with Gasteiger partial charge in [0.2, 0.25) is 5.79 Å². The second-order valence-electron chi connectivity index (χ2n) is 6.41. The van der Waals surface area contributed by atoms with Gasteiger partial charge >= 0.3 is 7.82 Å². The fourth-order valence-corrected chi connectivity index (χ4v) is 3.77. The summed E-state index contributed by atoms with van der Waals surface area (Å²) in [5.74, 6) is -1.85. The van der Waals surface area contributed by atoms with Crippen molar-refractivity contribution in [2.24, 2.45) is 0 Å². The number of hydrogen-bond donors (Lipinski definition) is 5.